The van der Waals surface area contributed by atoms with Crippen molar-refractivity contribution in [3.8, 4) is 0 Å². The zero-order chi connectivity index (χ0) is 15.8. The number of rotatable bonds is 9. The fourth-order valence-electron chi connectivity index (χ4n) is 1.88. The maximum absolute atomic E-state index is 12.0. The molecule has 7 heteroatoms. The van der Waals surface area contributed by atoms with Crippen LogP contribution in [0.5, 0.6) is 0 Å². The van der Waals surface area contributed by atoms with E-state index in [0.717, 1.165) is 17.8 Å². The topological polar surface area (TPSA) is 105 Å². The van der Waals surface area contributed by atoms with E-state index in [0.29, 0.717) is 25.1 Å². The summed E-state index contributed by atoms with van der Waals surface area (Å²) in [5.74, 6) is -1.31. The molecule has 0 aliphatic rings. The van der Waals surface area contributed by atoms with E-state index in [4.69, 9.17) is 10.8 Å². The molecule has 0 aromatic carbocycles. The molecule has 21 heavy (non-hydrogen) atoms. The lowest BCUT2D eigenvalue weighted by Crippen LogP contribution is -2.32. The quantitative estimate of drug-likeness (QED) is 0.643. The Labute approximate surface area is 128 Å². The third kappa shape index (κ3) is 6.22. The molecule has 1 heterocycles. The van der Waals surface area contributed by atoms with Gasteiger partial charge in [-0.2, -0.15) is 0 Å². The zero-order valence-corrected chi connectivity index (χ0v) is 13.3. The van der Waals surface area contributed by atoms with Gasteiger partial charge in [-0.15, -0.1) is 11.3 Å². The Morgan fingerprint density at radius 1 is 1.43 bits per heavy atom. The summed E-state index contributed by atoms with van der Waals surface area (Å²) in [5.41, 5.74) is 5.88. The molecule has 4 N–H and O–H groups in total. The number of aliphatic carboxylic acids is 1. The van der Waals surface area contributed by atoms with E-state index in [1.165, 1.54) is 11.3 Å². The van der Waals surface area contributed by atoms with Crippen molar-refractivity contribution in [2.75, 3.05) is 6.54 Å². The first-order valence-corrected chi connectivity index (χ1v) is 8.00. The summed E-state index contributed by atoms with van der Waals surface area (Å²) in [4.78, 5) is 26.9. The van der Waals surface area contributed by atoms with Crippen molar-refractivity contribution in [1.82, 2.24) is 10.3 Å². The molecular formula is C14H23N3O3S. The van der Waals surface area contributed by atoms with Gasteiger partial charge in [0.25, 0.3) is 5.91 Å². The summed E-state index contributed by atoms with van der Waals surface area (Å²) >= 11 is 1.44. The highest BCUT2D eigenvalue weighted by atomic mass is 32.1. The first-order chi connectivity index (χ1) is 9.93. The molecule has 0 aliphatic carbocycles. The summed E-state index contributed by atoms with van der Waals surface area (Å²) in [6.45, 7) is 4.13. The van der Waals surface area contributed by atoms with E-state index in [1.54, 1.807) is 12.3 Å². The number of carbonyl (C=O) groups excluding carboxylic acids is 1. The lowest BCUT2D eigenvalue weighted by Gasteiger charge is -2.13. The maximum Gasteiger partial charge on any atom is 0.306 e. The number of nitrogens with two attached hydrogens (primary N) is 1. The van der Waals surface area contributed by atoms with Gasteiger partial charge in [-0.25, -0.2) is 4.98 Å². The van der Waals surface area contributed by atoms with E-state index in [1.807, 2.05) is 6.92 Å². The van der Waals surface area contributed by atoms with Gasteiger partial charge in [-0.3, -0.25) is 9.59 Å². The van der Waals surface area contributed by atoms with Gasteiger partial charge in [0.2, 0.25) is 0 Å². The number of aromatic nitrogens is 1. The summed E-state index contributed by atoms with van der Waals surface area (Å²) in [5, 5.41) is 14.3. The van der Waals surface area contributed by atoms with Crippen LogP contribution in [0.4, 0.5) is 0 Å². The van der Waals surface area contributed by atoms with Gasteiger partial charge in [0.05, 0.1) is 10.9 Å². The molecule has 0 saturated heterocycles. The maximum atomic E-state index is 12.0. The Morgan fingerprint density at radius 3 is 2.76 bits per heavy atom. The number of nitrogens with one attached hydrogen (secondary N) is 1. The minimum Gasteiger partial charge on any atom is -0.481 e. The Morgan fingerprint density at radius 2 is 2.14 bits per heavy atom. The van der Waals surface area contributed by atoms with Crippen LogP contribution in [-0.4, -0.2) is 34.6 Å². The lowest BCUT2D eigenvalue weighted by atomic mass is 10.0. The summed E-state index contributed by atoms with van der Waals surface area (Å²) in [7, 11) is 0. The van der Waals surface area contributed by atoms with E-state index >= 15 is 0 Å². The molecule has 0 spiro atoms. The molecule has 1 aromatic heterocycles. The minimum absolute atomic E-state index is 0.00171. The average molecular weight is 313 g/mol. The van der Waals surface area contributed by atoms with Crippen LogP contribution in [-0.2, 0) is 11.2 Å². The highest BCUT2D eigenvalue weighted by Crippen LogP contribution is 2.12. The van der Waals surface area contributed by atoms with Gasteiger partial charge in [0.15, 0.2) is 0 Å². The first kappa shape index (κ1) is 17.6. The van der Waals surface area contributed by atoms with E-state index in [2.05, 4.69) is 10.3 Å². The smallest absolute Gasteiger partial charge is 0.306 e. The van der Waals surface area contributed by atoms with Crippen molar-refractivity contribution in [3.63, 3.8) is 0 Å². The van der Waals surface area contributed by atoms with Gasteiger partial charge in [-0.05, 0) is 26.3 Å². The predicted octanol–water partition coefficient (Wildman–Crippen LogP) is 1.65. The minimum atomic E-state index is -0.776. The number of hydrogen-bond acceptors (Lipinski definition) is 5. The molecule has 0 aliphatic heterocycles. The molecule has 6 nitrogen and oxygen atoms in total. The van der Waals surface area contributed by atoms with Crippen molar-refractivity contribution in [2.24, 2.45) is 11.7 Å². The number of hydrogen-bond donors (Lipinski definition) is 3. The van der Waals surface area contributed by atoms with Crippen LogP contribution in [0.1, 0.15) is 48.6 Å². The summed E-state index contributed by atoms with van der Waals surface area (Å²) in [6.07, 6.45) is 2.82. The third-order valence-corrected chi connectivity index (χ3v) is 4.12. The average Bonchev–Trinajstić information content (AvgIpc) is 2.87. The van der Waals surface area contributed by atoms with E-state index in [9.17, 15) is 9.59 Å². The standard InChI is InChI=1S/C14H23N3O3S/c1-9(14(19)20)4-3-5-10(2)16-13(18)11-8-21-12(17-11)6-7-15/h8-10H,3-7,15H2,1-2H3,(H,16,18)(H,19,20). The van der Waals surface area contributed by atoms with Crippen LogP contribution in [0.2, 0.25) is 0 Å². The number of carboxylic acids is 1. The fourth-order valence-corrected chi connectivity index (χ4v) is 2.67. The molecule has 2 unspecified atom stereocenters. The van der Waals surface area contributed by atoms with E-state index < -0.39 is 5.97 Å². The van der Waals surface area contributed by atoms with Crippen LogP contribution in [0.15, 0.2) is 5.38 Å². The normalized spacial score (nSPS) is 13.7. The third-order valence-electron chi connectivity index (χ3n) is 3.22. The summed E-state index contributed by atoms with van der Waals surface area (Å²) in [6, 6.07) is -0.00171. The van der Waals surface area contributed by atoms with Crippen molar-refractivity contribution >= 4 is 23.2 Å². The Balaban J connectivity index is 2.34. The molecule has 1 aromatic rings. The monoisotopic (exact) mass is 313 g/mol. The second-order valence-corrected chi connectivity index (χ2v) is 6.15. The fraction of sp³-hybridized carbons (Fsp3) is 0.643. The Bertz CT molecular complexity index is 476. The van der Waals surface area contributed by atoms with Gasteiger partial charge in [0.1, 0.15) is 5.69 Å². The van der Waals surface area contributed by atoms with Crippen molar-refractivity contribution in [1.29, 1.82) is 0 Å². The second kappa shape index (κ2) is 8.74. The molecule has 2 atom stereocenters. The van der Waals surface area contributed by atoms with Gasteiger partial charge < -0.3 is 16.2 Å². The molecule has 118 valence electrons. The largest absolute Gasteiger partial charge is 0.481 e. The predicted molar refractivity (Wildman–Crippen MR) is 82.5 cm³/mol. The van der Waals surface area contributed by atoms with Crippen LogP contribution in [0.3, 0.4) is 0 Å². The van der Waals surface area contributed by atoms with Crippen LogP contribution < -0.4 is 11.1 Å². The van der Waals surface area contributed by atoms with Gasteiger partial charge in [-0.1, -0.05) is 13.3 Å². The number of nitrogens with zero attached hydrogens (tertiary/aromatic N) is 1. The molecule has 1 rings (SSSR count). The van der Waals surface area contributed by atoms with Crippen LogP contribution in [0.25, 0.3) is 0 Å². The van der Waals surface area contributed by atoms with Crippen molar-refractivity contribution in [2.45, 2.75) is 45.6 Å². The van der Waals surface area contributed by atoms with Crippen molar-refractivity contribution < 1.29 is 14.7 Å². The van der Waals surface area contributed by atoms with Gasteiger partial charge >= 0.3 is 5.97 Å². The molecule has 0 saturated carbocycles. The molecular weight excluding hydrogens is 290 g/mol. The number of amides is 1. The second-order valence-electron chi connectivity index (χ2n) is 5.21. The SMILES string of the molecule is CC(CCCC(C)C(=O)O)NC(=O)c1csc(CCN)n1. The number of carbonyl (C=O) groups is 2. The highest BCUT2D eigenvalue weighted by Gasteiger charge is 2.15. The summed E-state index contributed by atoms with van der Waals surface area (Å²) < 4.78 is 0. The Kier molecular flexibility index (Phi) is 7.31. The van der Waals surface area contributed by atoms with Crippen molar-refractivity contribution in [3.05, 3.63) is 16.1 Å². The van der Waals surface area contributed by atoms with Crippen LogP contribution in [0, 0.1) is 5.92 Å². The number of carboxylic acid groups (broad SMARTS) is 1. The van der Waals surface area contributed by atoms with Crippen LogP contribution >= 0.6 is 11.3 Å². The molecule has 1 amide bonds. The first-order valence-electron chi connectivity index (χ1n) is 7.12. The number of thiazole rings is 1. The molecule has 0 bridgehead atoms. The van der Waals surface area contributed by atoms with Gasteiger partial charge in [0, 0.05) is 17.8 Å². The Hall–Kier alpha value is -1.47. The highest BCUT2D eigenvalue weighted by molar-refractivity contribution is 7.09. The zero-order valence-electron chi connectivity index (χ0n) is 12.5. The molecule has 0 fully saturated rings. The van der Waals surface area contributed by atoms with E-state index in [-0.39, 0.29) is 17.9 Å². The molecule has 0 radical (unpaired) electrons. The lowest BCUT2D eigenvalue weighted by molar-refractivity contribution is -0.141.